The number of carboxylic acid groups (broad SMARTS) is 1. The Balaban J connectivity index is 2.01. The Morgan fingerprint density at radius 1 is 1.27 bits per heavy atom. The van der Waals surface area contributed by atoms with Crippen LogP contribution in [0.15, 0.2) is 36.4 Å². The van der Waals surface area contributed by atoms with Crippen molar-refractivity contribution in [2.75, 3.05) is 4.90 Å². The second-order valence-electron chi connectivity index (χ2n) is 6.25. The molecule has 0 saturated heterocycles. The van der Waals surface area contributed by atoms with Gasteiger partial charge in [0.1, 0.15) is 0 Å². The first-order chi connectivity index (χ1) is 12.2. The van der Waals surface area contributed by atoms with E-state index in [0.29, 0.717) is 5.56 Å². The topological polar surface area (TPSA) is 123 Å². The molecule has 9 heteroatoms. The molecule has 1 aromatic heterocycles. The largest absolute Gasteiger partial charge is 0.478 e. The summed E-state index contributed by atoms with van der Waals surface area (Å²) >= 11 is 0. The first-order valence-electron chi connectivity index (χ1n) is 7.68. The Morgan fingerprint density at radius 3 is 2.50 bits per heavy atom. The lowest BCUT2D eigenvalue weighted by atomic mass is 10.0. The van der Waals surface area contributed by atoms with Crippen LogP contribution in [0.5, 0.6) is 5.75 Å². The van der Waals surface area contributed by atoms with Crippen molar-refractivity contribution >= 4 is 23.5 Å². The highest BCUT2D eigenvalue weighted by molar-refractivity contribution is 6.01. The van der Waals surface area contributed by atoms with E-state index in [2.05, 4.69) is 4.98 Å². The third-order valence-corrected chi connectivity index (χ3v) is 3.93. The first-order valence-corrected chi connectivity index (χ1v) is 7.68. The molecule has 26 heavy (non-hydrogen) atoms. The molecule has 0 bridgehead atoms. The number of pyridine rings is 1. The van der Waals surface area contributed by atoms with Crippen molar-refractivity contribution in [3.63, 3.8) is 0 Å². The number of ether oxygens (including phenoxy) is 1. The summed E-state index contributed by atoms with van der Waals surface area (Å²) in [4.78, 5) is 39.3. The molecule has 0 spiro atoms. The second kappa shape index (κ2) is 6.10. The Bertz CT molecular complexity index is 907. The van der Waals surface area contributed by atoms with Crippen molar-refractivity contribution < 1.29 is 24.4 Å². The van der Waals surface area contributed by atoms with Gasteiger partial charge < -0.3 is 20.0 Å². The maximum atomic E-state index is 12.8. The molecule has 0 saturated carbocycles. The summed E-state index contributed by atoms with van der Waals surface area (Å²) in [6, 6.07) is 8.64. The summed E-state index contributed by atoms with van der Waals surface area (Å²) in [5.74, 6) is -1.53. The van der Waals surface area contributed by atoms with Crippen molar-refractivity contribution in [2.24, 2.45) is 0 Å². The van der Waals surface area contributed by atoms with Crippen LogP contribution < -0.4 is 9.64 Å². The highest BCUT2D eigenvalue weighted by Crippen LogP contribution is 2.38. The highest BCUT2D eigenvalue weighted by atomic mass is 16.6. The number of benzene rings is 1. The summed E-state index contributed by atoms with van der Waals surface area (Å²) in [6.45, 7) is 3.27. The van der Waals surface area contributed by atoms with Crippen LogP contribution in [0.3, 0.4) is 0 Å². The van der Waals surface area contributed by atoms with Gasteiger partial charge in [0.2, 0.25) is 0 Å². The van der Waals surface area contributed by atoms with E-state index in [-0.39, 0.29) is 23.7 Å². The summed E-state index contributed by atoms with van der Waals surface area (Å²) in [6.07, 6.45) is 0. The molecule has 0 fully saturated rings. The number of nitro groups is 1. The monoisotopic (exact) mass is 357 g/mol. The van der Waals surface area contributed by atoms with Crippen LogP contribution in [0.25, 0.3) is 0 Å². The number of hydrogen-bond acceptors (Lipinski definition) is 6. The number of nitrogens with zero attached hydrogens (tertiary/aromatic N) is 3. The van der Waals surface area contributed by atoms with Crippen molar-refractivity contribution in [2.45, 2.75) is 26.0 Å². The number of carbonyl (C=O) groups is 2. The minimum Gasteiger partial charge on any atom is -0.478 e. The van der Waals surface area contributed by atoms with Gasteiger partial charge in [-0.2, -0.15) is 0 Å². The summed E-state index contributed by atoms with van der Waals surface area (Å²) in [5.41, 5.74) is -0.386. The predicted molar refractivity (Wildman–Crippen MR) is 90.2 cm³/mol. The summed E-state index contributed by atoms with van der Waals surface area (Å²) in [7, 11) is 0. The van der Waals surface area contributed by atoms with Gasteiger partial charge in [0.15, 0.2) is 11.4 Å². The lowest BCUT2D eigenvalue weighted by Gasteiger charge is -2.35. The van der Waals surface area contributed by atoms with Gasteiger partial charge in [-0.05, 0) is 47.5 Å². The van der Waals surface area contributed by atoms with Crippen LogP contribution in [-0.4, -0.2) is 32.5 Å². The predicted octanol–water partition coefficient (Wildman–Crippen LogP) is 2.39. The average Bonchev–Trinajstić information content (AvgIpc) is 2.58. The van der Waals surface area contributed by atoms with Crippen molar-refractivity contribution in [1.29, 1.82) is 0 Å². The van der Waals surface area contributed by atoms with Gasteiger partial charge in [-0.3, -0.25) is 9.69 Å². The molecule has 9 nitrogen and oxygen atoms in total. The zero-order valence-corrected chi connectivity index (χ0v) is 14.0. The minimum atomic E-state index is -1.16. The second-order valence-corrected chi connectivity index (χ2v) is 6.25. The van der Waals surface area contributed by atoms with E-state index < -0.39 is 28.2 Å². The van der Waals surface area contributed by atoms with Gasteiger partial charge >= 0.3 is 11.8 Å². The smallest absolute Gasteiger partial charge is 0.366 e. The SMILES string of the molecule is CC1(C)Oc2ccc([N+](=O)[O-])nc2N(Cc2ccc(C(=O)O)cc2)C1=O. The third kappa shape index (κ3) is 3.06. The molecule has 1 aliphatic rings. The lowest BCUT2D eigenvalue weighted by Crippen LogP contribution is -2.52. The number of fused-ring (bicyclic) bond motifs is 1. The normalized spacial score (nSPS) is 15.2. The first kappa shape index (κ1) is 17.3. The van der Waals surface area contributed by atoms with Crippen molar-refractivity contribution in [1.82, 2.24) is 4.98 Å². The molecular weight excluding hydrogens is 342 g/mol. The summed E-state index contributed by atoms with van der Waals surface area (Å²) in [5, 5.41) is 20.0. The molecule has 2 aromatic rings. The molecule has 2 heterocycles. The van der Waals surface area contributed by atoms with Crippen LogP contribution in [0.1, 0.15) is 29.8 Å². The molecule has 1 N–H and O–H groups in total. The number of anilines is 1. The Hall–Kier alpha value is -3.49. The zero-order chi connectivity index (χ0) is 19.1. The summed E-state index contributed by atoms with van der Waals surface area (Å²) < 4.78 is 5.63. The van der Waals surface area contributed by atoms with E-state index >= 15 is 0 Å². The average molecular weight is 357 g/mol. The fourth-order valence-corrected chi connectivity index (χ4v) is 2.62. The van der Waals surface area contributed by atoms with Gasteiger partial charge in [0.25, 0.3) is 11.7 Å². The Kier molecular flexibility index (Phi) is 4.07. The van der Waals surface area contributed by atoms with E-state index in [4.69, 9.17) is 9.84 Å². The van der Waals surface area contributed by atoms with Crippen LogP contribution in [0, 0.1) is 10.1 Å². The minimum absolute atomic E-state index is 0.0610. The fourth-order valence-electron chi connectivity index (χ4n) is 2.62. The number of aromatic carboxylic acids is 1. The van der Waals surface area contributed by atoms with Crippen LogP contribution in [0.2, 0.25) is 0 Å². The maximum absolute atomic E-state index is 12.8. The van der Waals surface area contributed by atoms with Gasteiger partial charge in [-0.15, -0.1) is 0 Å². The van der Waals surface area contributed by atoms with Gasteiger partial charge in [-0.1, -0.05) is 12.1 Å². The van der Waals surface area contributed by atoms with Crippen LogP contribution in [-0.2, 0) is 11.3 Å². The van der Waals surface area contributed by atoms with E-state index in [1.165, 1.54) is 29.2 Å². The van der Waals surface area contributed by atoms with Crippen molar-refractivity contribution in [3.8, 4) is 5.75 Å². The van der Waals surface area contributed by atoms with Gasteiger partial charge in [0.05, 0.1) is 12.1 Å². The Morgan fingerprint density at radius 2 is 1.92 bits per heavy atom. The number of carboxylic acids is 1. The molecule has 1 amide bonds. The number of aromatic nitrogens is 1. The standard InChI is InChI=1S/C17H15N3O6/c1-17(2)16(23)19(9-10-3-5-11(6-4-10)15(21)22)14-12(26-17)7-8-13(18-14)20(24)25/h3-8H,9H2,1-2H3,(H,21,22). The van der Waals surface area contributed by atoms with E-state index in [0.717, 1.165) is 0 Å². The molecule has 0 atom stereocenters. The number of hydrogen-bond donors (Lipinski definition) is 1. The highest BCUT2D eigenvalue weighted by Gasteiger charge is 2.44. The molecule has 0 unspecified atom stereocenters. The van der Waals surface area contributed by atoms with E-state index in [1.807, 2.05) is 0 Å². The molecule has 0 aliphatic carbocycles. The third-order valence-electron chi connectivity index (χ3n) is 3.93. The quantitative estimate of drug-likeness (QED) is 0.658. The van der Waals surface area contributed by atoms with Crippen LogP contribution >= 0.6 is 0 Å². The van der Waals surface area contributed by atoms with Gasteiger partial charge in [-0.25, -0.2) is 4.79 Å². The van der Waals surface area contributed by atoms with E-state index in [9.17, 15) is 19.7 Å². The number of rotatable bonds is 4. The molecule has 0 radical (unpaired) electrons. The van der Waals surface area contributed by atoms with Gasteiger partial charge in [0, 0.05) is 6.07 Å². The molecule has 134 valence electrons. The van der Waals surface area contributed by atoms with Crippen molar-refractivity contribution in [3.05, 3.63) is 57.6 Å². The molecular formula is C17H15N3O6. The number of amides is 1. The molecule has 1 aliphatic heterocycles. The number of carbonyl (C=O) groups excluding carboxylic acids is 1. The fraction of sp³-hybridized carbons (Fsp3) is 0.235. The van der Waals surface area contributed by atoms with E-state index in [1.54, 1.807) is 26.0 Å². The lowest BCUT2D eigenvalue weighted by molar-refractivity contribution is -0.389. The maximum Gasteiger partial charge on any atom is 0.366 e. The zero-order valence-electron chi connectivity index (χ0n) is 14.0. The Labute approximate surface area is 148 Å². The molecule has 3 rings (SSSR count). The van der Waals surface area contributed by atoms with Crippen LogP contribution in [0.4, 0.5) is 11.6 Å². The molecule has 1 aromatic carbocycles.